The number of halogens is 2. The third kappa shape index (κ3) is 9.65. The summed E-state index contributed by atoms with van der Waals surface area (Å²) in [4.78, 5) is 29.0. The van der Waals surface area contributed by atoms with E-state index in [2.05, 4.69) is 5.32 Å². The maximum absolute atomic E-state index is 13.9. The van der Waals surface area contributed by atoms with Gasteiger partial charge < -0.3 is 10.2 Å². The molecule has 0 unspecified atom stereocenters. The number of hydrogen-bond acceptors (Lipinski definition) is 4. The fourth-order valence-electron chi connectivity index (χ4n) is 4.54. The second-order valence-corrected chi connectivity index (χ2v) is 13.4. The molecule has 0 saturated carbocycles. The van der Waals surface area contributed by atoms with Gasteiger partial charge in [-0.15, -0.1) is 0 Å². The molecule has 0 fully saturated rings. The highest BCUT2D eigenvalue weighted by Crippen LogP contribution is 2.22. The molecule has 0 aromatic heterocycles. The van der Waals surface area contributed by atoms with E-state index in [1.807, 2.05) is 82.3 Å². The standard InChI is InChI=1S/C32H39F2N3O4S/c1-23-13-15-25(16-14-23)22-36(29(31(39)35-32(2,3)4)20-24-10-7-6-8-11-24)30(38)12-9-19-37(42(5,40)41)26-17-18-27(33)28(34)21-26/h6-8,10-11,13-18,21,29H,9,12,19-20,22H2,1-5H3,(H,35,39)/t29-/m1/s1. The molecule has 10 heteroatoms. The molecule has 7 nitrogen and oxygen atoms in total. The molecule has 1 atom stereocenters. The molecule has 3 rings (SSSR count). The van der Waals surface area contributed by atoms with E-state index in [1.54, 1.807) is 4.90 Å². The van der Waals surface area contributed by atoms with E-state index in [1.165, 1.54) is 6.07 Å². The maximum Gasteiger partial charge on any atom is 0.243 e. The molecule has 3 aromatic rings. The number of rotatable bonds is 12. The number of nitrogens with zero attached hydrogens (tertiary/aromatic N) is 2. The highest BCUT2D eigenvalue weighted by atomic mass is 32.2. The number of anilines is 1. The van der Waals surface area contributed by atoms with Crippen molar-refractivity contribution in [3.8, 4) is 0 Å². The molecule has 0 saturated heterocycles. The van der Waals surface area contributed by atoms with Gasteiger partial charge in [-0.1, -0.05) is 60.2 Å². The highest BCUT2D eigenvalue weighted by molar-refractivity contribution is 7.92. The van der Waals surface area contributed by atoms with Gasteiger partial charge in [-0.2, -0.15) is 0 Å². The van der Waals surface area contributed by atoms with Crippen LogP contribution in [0.5, 0.6) is 0 Å². The Morgan fingerprint density at radius 2 is 1.55 bits per heavy atom. The first-order chi connectivity index (χ1) is 19.6. The van der Waals surface area contributed by atoms with Gasteiger partial charge in [0.05, 0.1) is 11.9 Å². The zero-order valence-electron chi connectivity index (χ0n) is 24.7. The average molecular weight is 600 g/mol. The van der Waals surface area contributed by atoms with E-state index in [0.29, 0.717) is 0 Å². The molecular weight excluding hydrogens is 560 g/mol. The number of sulfonamides is 1. The van der Waals surface area contributed by atoms with Gasteiger partial charge in [-0.05, 0) is 57.4 Å². The number of carbonyl (C=O) groups is 2. The number of carbonyl (C=O) groups excluding carboxylic acids is 2. The highest BCUT2D eigenvalue weighted by Gasteiger charge is 2.32. The Labute approximate surface area is 247 Å². The Morgan fingerprint density at radius 1 is 0.905 bits per heavy atom. The van der Waals surface area contributed by atoms with Crippen molar-refractivity contribution in [1.29, 1.82) is 0 Å². The van der Waals surface area contributed by atoms with E-state index >= 15 is 0 Å². The van der Waals surface area contributed by atoms with Crippen molar-refractivity contribution in [2.75, 3.05) is 17.1 Å². The summed E-state index contributed by atoms with van der Waals surface area (Å²) < 4.78 is 53.3. The number of nitrogens with one attached hydrogen (secondary N) is 1. The fraction of sp³-hybridized carbons (Fsp3) is 0.375. The molecule has 0 aliphatic rings. The molecule has 226 valence electrons. The van der Waals surface area contributed by atoms with Gasteiger partial charge in [0, 0.05) is 37.5 Å². The normalized spacial score (nSPS) is 12.5. The molecule has 0 aliphatic heterocycles. The Morgan fingerprint density at radius 3 is 2.12 bits per heavy atom. The van der Waals surface area contributed by atoms with Crippen molar-refractivity contribution >= 4 is 27.5 Å². The van der Waals surface area contributed by atoms with Crippen LogP contribution in [0.15, 0.2) is 72.8 Å². The van der Waals surface area contributed by atoms with Crippen molar-refractivity contribution < 1.29 is 26.8 Å². The predicted molar refractivity (Wildman–Crippen MR) is 161 cm³/mol. The van der Waals surface area contributed by atoms with E-state index < -0.39 is 33.2 Å². The smallest absolute Gasteiger partial charge is 0.243 e. The number of aryl methyl sites for hydroxylation is 1. The molecule has 0 spiro atoms. The van der Waals surface area contributed by atoms with Crippen LogP contribution in [0.2, 0.25) is 0 Å². The van der Waals surface area contributed by atoms with Crippen LogP contribution in [0.1, 0.15) is 50.3 Å². The van der Waals surface area contributed by atoms with Crippen LogP contribution in [-0.2, 0) is 32.6 Å². The molecule has 3 aromatic carbocycles. The van der Waals surface area contributed by atoms with Crippen LogP contribution in [0, 0.1) is 18.6 Å². The van der Waals surface area contributed by atoms with Crippen LogP contribution < -0.4 is 9.62 Å². The minimum Gasteiger partial charge on any atom is -0.350 e. The molecule has 0 heterocycles. The van der Waals surface area contributed by atoms with Crippen LogP contribution in [-0.4, -0.2) is 49.5 Å². The van der Waals surface area contributed by atoms with E-state index in [0.717, 1.165) is 39.4 Å². The first kappa shape index (κ1) is 32.7. The minimum atomic E-state index is -3.85. The summed E-state index contributed by atoms with van der Waals surface area (Å²) in [7, 11) is -3.85. The first-order valence-corrected chi connectivity index (χ1v) is 15.6. The average Bonchev–Trinajstić information content (AvgIpc) is 2.90. The van der Waals surface area contributed by atoms with Gasteiger partial charge in [0.15, 0.2) is 11.6 Å². The summed E-state index contributed by atoms with van der Waals surface area (Å²) in [6.07, 6.45) is 1.26. The maximum atomic E-state index is 13.9. The number of amides is 2. The molecule has 0 aliphatic carbocycles. The van der Waals surface area contributed by atoms with Crippen LogP contribution in [0.3, 0.4) is 0 Å². The minimum absolute atomic E-state index is 0.0353. The predicted octanol–water partition coefficient (Wildman–Crippen LogP) is 5.37. The summed E-state index contributed by atoms with van der Waals surface area (Å²) in [6.45, 7) is 7.61. The lowest BCUT2D eigenvalue weighted by atomic mass is 10.00. The molecule has 1 N–H and O–H groups in total. The summed E-state index contributed by atoms with van der Waals surface area (Å²) in [5.74, 6) is -2.90. The molecule has 42 heavy (non-hydrogen) atoms. The molecule has 0 bridgehead atoms. The van der Waals surface area contributed by atoms with Gasteiger partial charge in [0.1, 0.15) is 6.04 Å². The SMILES string of the molecule is Cc1ccc(CN(C(=O)CCCN(c2ccc(F)c(F)c2)S(C)(=O)=O)[C@H](Cc2ccccc2)C(=O)NC(C)(C)C)cc1. The third-order valence-electron chi connectivity index (χ3n) is 6.59. The van der Waals surface area contributed by atoms with Crippen molar-refractivity contribution in [3.05, 3.63) is 101 Å². The number of hydrogen-bond donors (Lipinski definition) is 1. The van der Waals surface area contributed by atoms with E-state index in [-0.39, 0.29) is 49.9 Å². The van der Waals surface area contributed by atoms with Crippen LogP contribution in [0.25, 0.3) is 0 Å². The lowest BCUT2D eigenvalue weighted by molar-refractivity contribution is -0.142. The first-order valence-electron chi connectivity index (χ1n) is 13.8. The van der Waals surface area contributed by atoms with Gasteiger partial charge in [0.2, 0.25) is 21.8 Å². The Balaban J connectivity index is 1.90. The summed E-state index contributed by atoms with van der Waals surface area (Å²) in [5, 5.41) is 3.01. The Bertz CT molecular complexity index is 1470. The van der Waals surface area contributed by atoms with Crippen molar-refractivity contribution in [3.63, 3.8) is 0 Å². The quantitative estimate of drug-likeness (QED) is 0.303. The Kier molecular flexibility index (Phi) is 10.8. The van der Waals surface area contributed by atoms with Gasteiger partial charge >= 0.3 is 0 Å². The van der Waals surface area contributed by atoms with Crippen molar-refractivity contribution in [2.24, 2.45) is 0 Å². The monoisotopic (exact) mass is 599 g/mol. The lowest BCUT2D eigenvalue weighted by Gasteiger charge is -2.34. The molecular formula is C32H39F2N3O4S. The second kappa shape index (κ2) is 13.9. The van der Waals surface area contributed by atoms with Gasteiger partial charge in [-0.3, -0.25) is 13.9 Å². The van der Waals surface area contributed by atoms with E-state index in [9.17, 15) is 26.8 Å². The second-order valence-electron chi connectivity index (χ2n) is 11.5. The van der Waals surface area contributed by atoms with Crippen LogP contribution in [0.4, 0.5) is 14.5 Å². The molecule has 0 radical (unpaired) electrons. The summed E-state index contributed by atoms with van der Waals surface area (Å²) in [6, 6.07) is 19.1. The number of benzene rings is 3. The molecule has 2 amide bonds. The van der Waals surface area contributed by atoms with Crippen LogP contribution >= 0.6 is 0 Å². The Hall–Kier alpha value is -3.79. The summed E-state index contributed by atoms with van der Waals surface area (Å²) >= 11 is 0. The van der Waals surface area contributed by atoms with E-state index in [4.69, 9.17) is 0 Å². The zero-order chi connectivity index (χ0) is 31.1. The summed E-state index contributed by atoms with van der Waals surface area (Å²) in [5.41, 5.74) is 2.21. The van der Waals surface area contributed by atoms with Crippen molar-refractivity contribution in [2.45, 2.75) is 65.1 Å². The largest absolute Gasteiger partial charge is 0.350 e. The van der Waals surface area contributed by atoms with Crippen molar-refractivity contribution in [1.82, 2.24) is 10.2 Å². The lowest BCUT2D eigenvalue weighted by Crippen LogP contribution is -2.54. The fourth-order valence-corrected chi connectivity index (χ4v) is 5.50. The topological polar surface area (TPSA) is 86.8 Å². The van der Waals surface area contributed by atoms with Gasteiger partial charge in [-0.25, -0.2) is 17.2 Å². The zero-order valence-corrected chi connectivity index (χ0v) is 25.5. The third-order valence-corrected chi connectivity index (χ3v) is 7.78. The van der Waals surface area contributed by atoms with Gasteiger partial charge in [0.25, 0.3) is 0 Å².